The van der Waals surface area contributed by atoms with Gasteiger partial charge in [0, 0.05) is 68.6 Å². The van der Waals surface area contributed by atoms with E-state index in [1.165, 1.54) is 88.6 Å². The van der Waals surface area contributed by atoms with Gasteiger partial charge in [0.2, 0.25) is 49.3 Å². The van der Waals surface area contributed by atoms with Crippen LogP contribution in [0.1, 0.15) is 83.5 Å². The second kappa shape index (κ2) is 43.5. The number of nitrogens with one attached hydrogen (secondary N) is 5. The molecule has 3 saturated heterocycles. The summed E-state index contributed by atoms with van der Waals surface area (Å²) in [6.45, 7) is 4.67. The fourth-order valence-corrected chi connectivity index (χ4v) is 13.6. The molecule has 14 rings (SSSR count). The molecule has 3 aliphatic rings. The van der Waals surface area contributed by atoms with Crippen LogP contribution in [-0.2, 0) is 56.1 Å². The number of amides is 4. The van der Waals surface area contributed by atoms with E-state index >= 15 is 0 Å². The number of nitrogens with zero attached hydrogens (tertiary/aromatic N) is 16. The first kappa shape index (κ1) is 87.9. The van der Waals surface area contributed by atoms with Crippen molar-refractivity contribution in [2.24, 2.45) is 0 Å². The third-order valence-electron chi connectivity index (χ3n) is 16.2. The maximum absolute atomic E-state index is 12.4. The minimum Gasteiger partial charge on any atom is -0.481 e. The maximum atomic E-state index is 12.4. The Morgan fingerprint density at radius 1 is 0.492 bits per heavy atom. The molecule has 10 N–H and O–H groups in total. The lowest BCUT2D eigenvalue weighted by Gasteiger charge is -2.14. The molecule has 32 nitrogen and oxygen atoms in total. The van der Waals surface area contributed by atoms with Crippen molar-refractivity contribution in [3.63, 3.8) is 0 Å². The van der Waals surface area contributed by atoms with Crippen molar-refractivity contribution < 1.29 is 88.6 Å². The number of nitrogens with two attached hydrogens (primary N) is 2. The molecule has 0 bridgehead atoms. The lowest BCUT2D eigenvalue weighted by Crippen LogP contribution is -2.19. The summed E-state index contributed by atoms with van der Waals surface area (Å²) >= 11 is 7.03. The lowest BCUT2D eigenvalue weighted by molar-refractivity contribution is -0.275. The minimum atomic E-state index is -4.81. The molecule has 0 saturated carbocycles. The highest BCUT2D eigenvalue weighted by Gasteiger charge is 2.34. The van der Waals surface area contributed by atoms with Crippen molar-refractivity contribution in [2.45, 2.75) is 88.2 Å². The average Bonchev–Trinajstić information content (AvgIpc) is 1.74. The van der Waals surface area contributed by atoms with Gasteiger partial charge in [-0.1, -0.05) is 82.5 Å². The predicted octanol–water partition coefficient (Wildman–Crippen LogP) is 11.8. The van der Waals surface area contributed by atoms with Gasteiger partial charge in [-0.25, -0.2) is 0 Å². The molecular formula is C72H70BrF10N23O9S3. The van der Waals surface area contributed by atoms with E-state index in [0.717, 1.165) is 83.7 Å². The number of aliphatic carboxylic acids is 1. The van der Waals surface area contributed by atoms with Crippen LogP contribution in [0.2, 0.25) is 0 Å². The molecule has 3 fully saturated rings. The SMILES string of the molecule is Nc1nnc(Br)s1.Nc1nnc(N2CCC(c3ccc(NC(=O)Cc4cccc(OC(F)(F)F)c4)nn3)C2)s1.O=C(Cc1cccc(OC(F)(F)F)c1)Nc1ccc(C2CCN(c3nnc(NC(=O)Cc4ccccn4)s3)C2)nn1.O=C(Cc1cccc(OC(F)(F)F)c1)Nc1ccc(C2CCNC2)nn1.O=C(O)Cc1ccccn1.[2H]CF. The molecule has 3 atom stereocenters. The summed E-state index contributed by atoms with van der Waals surface area (Å²) in [5, 5.41) is 72.9. The van der Waals surface area contributed by atoms with E-state index in [1.54, 1.807) is 79.1 Å². The van der Waals surface area contributed by atoms with Gasteiger partial charge in [0.1, 0.15) is 17.2 Å². The number of anilines is 8. The number of alkyl halides is 10. The van der Waals surface area contributed by atoms with Crippen LogP contribution in [0.25, 0.3) is 0 Å². The summed E-state index contributed by atoms with van der Waals surface area (Å²) in [6, 6.07) is 36.7. The number of rotatable bonds is 22. The normalized spacial score (nSPS) is 14.9. The number of hydrogen-bond acceptors (Lipinski definition) is 30. The van der Waals surface area contributed by atoms with Crippen LogP contribution in [0.15, 0.2) is 162 Å². The fourth-order valence-electron chi connectivity index (χ4n) is 11.3. The van der Waals surface area contributed by atoms with E-state index in [2.05, 4.69) is 138 Å². The highest BCUT2D eigenvalue weighted by molar-refractivity contribution is 9.11. The van der Waals surface area contributed by atoms with Crippen LogP contribution in [0.3, 0.4) is 0 Å². The Bertz CT molecular complexity index is 5040. The fraction of sp³-hybridized carbons (Fsp3) is 0.292. The van der Waals surface area contributed by atoms with Gasteiger partial charge in [-0.15, -0.1) is 85.4 Å². The quantitative estimate of drug-likeness (QED) is 0.0292. The van der Waals surface area contributed by atoms with Crippen molar-refractivity contribution in [1.82, 2.24) is 76.5 Å². The number of aromatic nitrogens is 14. The van der Waals surface area contributed by atoms with Crippen LogP contribution in [0.4, 0.5) is 87.0 Å². The van der Waals surface area contributed by atoms with E-state index in [-0.39, 0.29) is 73.0 Å². The second-order valence-electron chi connectivity index (χ2n) is 25.0. The Balaban J connectivity index is 0.000000184. The molecule has 0 aliphatic carbocycles. The molecule has 3 aromatic carbocycles. The number of carboxylic acid groups (broad SMARTS) is 1. The Morgan fingerprint density at radius 2 is 0.898 bits per heavy atom. The van der Waals surface area contributed by atoms with Crippen LogP contribution in [0, 0.1) is 0 Å². The van der Waals surface area contributed by atoms with Crippen LogP contribution >= 0.6 is 49.9 Å². The van der Waals surface area contributed by atoms with E-state index in [1.807, 2.05) is 12.1 Å². The number of carboxylic acids is 1. The summed E-state index contributed by atoms with van der Waals surface area (Å²) in [4.78, 5) is 71.3. The van der Waals surface area contributed by atoms with Crippen molar-refractivity contribution in [3.8, 4) is 17.2 Å². The Hall–Kier alpha value is -12.4. The maximum Gasteiger partial charge on any atom is 0.573 e. The highest BCUT2D eigenvalue weighted by atomic mass is 79.9. The zero-order valence-electron chi connectivity index (χ0n) is 62.3. The predicted molar refractivity (Wildman–Crippen MR) is 417 cm³/mol. The molecule has 3 unspecified atom stereocenters. The van der Waals surface area contributed by atoms with Crippen LogP contribution < -0.4 is 62.1 Å². The second-order valence-corrected chi connectivity index (χ2v) is 29.2. The average molecular weight is 1770 g/mol. The smallest absolute Gasteiger partial charge is 0.481 e. The lowest BCUT2D eigenvalue weighted by atomic mass is 10.1. The van der Waals surface area contributed by atoms with Gasteiger partial charge in [0.25, 0.3) is 0 Å². The molecule has 622 valence electrons. The van der Waals surface area contributed by atoms with E-state index < -0.39 is 55.7 Å². The number of halogens is 11. The summed E-state index contributed by atoms with van der Waals surface area (Å²) in [7, 11) is -1.00. The number of carbonyl (C=O) groups is 5. The van der Waals surface area contributed by atoms with Crippen molar-refractivity contribution in [2.75, 3.05) is 89.0 Å². The summed E-state index contributed by atoms with van der Waals surface area (Å²) in [5.41, 5.74) is 15.6. The molecule has 118 heavy (non-hydrogen) atoms. The van der Waals surface area contributed by atoms with Gasteiger partial charge < -0.3 is 67.2 Å². The molecule has 8 aromatic heterocycles. The Labute approximate surface area is 685 Å². The molecule has 0 spiro atoms. The van der Waals surface area contributed by atoms with Crippen molar-refractivity contribution >= 4 is 123 Å². The van der Waals surface area contributed by atoms with Gasteiger partial charge in [0.05, 0.1) is 63.4 Å². The van der Waals surface area contributed by atoms with Crippen molar-refractivity contribution in [1.29, 1.82) is 0 Å². The summed E-state index contributed by atoms with van der Waals surface area (Å²) in [6.07, 6.45) is -8.76. The van der Waals surface area contributed by atoms with E-state index in [9.17, 15) is 67.9 Å². The van der Waals surface area contributed by atoms with Crippen LogP contribution in [-0.4, -0.2) is 171 Å². The topological polar surface area (TPSA) is 432 Å². The zero-order valence-corrected chi connectivity index (χ0v) is 65.3. The minimum absolute atomic E-state index is 0.000833. The first-order valence-corrected chi connectivity index (χ1v) is 38.1. The van der Waals surface area contributed by atoms with Gasteiger partial charge in [0.15, 0.2) is 21.4 Å². The number of ether oxygens (including phenoxy) is 3. The van der Waals surface area contributed by atoms with E-state index in [0.29, 0.717) is 73.4 Å². The first-order valence-electron chi connectivity index (χ1n) is 35.5. The summed E-state index contributed by atoms with van der Waals surface area (Å²) in [5.74, 6) is -2.16. The molecule has 4 amide bonds. The Kier molecular flexibility index (Phi) is 32.4. The number of benzene rings is 3. The molecule has 0 radical (unpaired) electrons. The van der Waals surface area contributed by atoms with E-state index in [4.69, 9.17) is 17.9 Å². The zero-order chi connectivity index (χ0) is 85.5. The third-order valence-corrected chi connectivity index (χ3v) is 19.1. The molecular weight excluding hydrogens is 1700 g/mol. The Morgan fingerprint density at radius 3 is 1.25 bits per heavy atom. The van der Waals surface area contributed by atoms with Gasteiger partial charge in [-0.3, -0.25) is 38.3 Å². The summed E-state index contributed by atoms with van der Waals surface area (Å²) < 4.78 is 139. The van der Waals surface area contributed by atoms with Gasteiger partial charge in [-0.2, -0.15) is 15.3 Å². The number of carbonyl (C=O) groups excluding carboxylic acids is 4. The van der Waals surface area contributed by atoms with Crippen LogP contribution in [0.5, 0.6) is 17.2 Å². The molecule has 11 heterocycles. The number of hydrogen-bond donors (Lipinski definition) is 8. The van der Waals surface area contributed by atoms with Gasteiger partial charge in [-0.05, 0) is 155 Å². The standard InChI is InChI=1S/C26H23F3N8O3S.C19H18F3N7O2S.C17H17F3N4O2.C7H7NO2.C2H2BrN3S.CH3F/c27-26(28,29)40-19-6-3-4-16(12-19)13-22(38)31-21-8-7-20(33-34-21)17-9-11-37(15-17)25-36-35-24(41-25)32-23(39)14-18-5-1-2-10-30-18;20-19(21,22)31-13-3-1-2-11(8-13)9-16(30)24-15-5-4-14(25-26-15)12-6-7-29(10-12)18-28-27-17(23)32-18;18-17(19,20)26-13-3-1-2-11(8-13)9-16(25)22-15-5-4-14(23-24-15)12-6-7-21-10-12;9-7(10)5-6-3-1-2-4-8-6;3-1-5-6-2(4)7-1;1-2/h1-8,10,12,17H,9,11,13-15H2,(H,31,34,38)(H,32,35,39);1-5,8,12H,6-7,9-10H2,(H2,23,27)(H,24,26,30);1-5,8,12,21H,6-7,9-10H2,(H,22,24,25);1-4H,5H2,(H,9,10);(H2,4,6);1H3/i;;;;;1D. The number of pyridine rings is 2. The molecule has 46 heteroatoms. The van der Waals surface area contributed by atoms with Crippen molar-refractivity contribution in [3.05, 3.63) is 207 Å². The largest absolute Gasteiger partial charge is 0.573 e. The third kappa shape index (κ3) is 31.3. The molecule has 3 aliphatic heterocycles. The highest BCUT2D eigenvalue weighted by Crippen LogP contribution is 2.35. The molecule has 11 aromatic rings. The first-order chi connectivity index (χ1) is 56.8. The number of nitrogen functional groups attached to an aromatic ring is 2. The van der Waals surface area contributed by atoms with Gasteiger partial charge >= 0.3 is 25.1 Å². The monoisotopic (exact) mass is 1770 g/mol.